The summed E-state index contributed by atoms with van der Waals surface area (Å²) in [5.74, 6) is 2.43. The fraction of sp³-hybridized carbons (Fsp3) is 1.00. The lowest BCUT2D eigenvalue weighted by atomic mass is 9.71. The summed E-state index contributed by atoms with van der Waals surface area (Å²) in [6, 6.07) is 0. The zero-order valence-corrected chi connectivity index (χ0v) is 15.4. The number of hydrogen-bond acceptors (Lipinski definition) is 3. The van der Waals surface area contributed by atoms with E-state index in [4.69, 9.17) is 5.73 Å². The van der Waals surface area contributed by atoms with E-state index >= 15 is 0 Å². The molecule has 0 saturated heterocycles. The second-order valence-corrected chi connectivity index (χ2v) is 8.15. The van der Waals surface area contributed by atoms with Crippen LogP contribution in [0.25, 0.3) is 0 Å². The van der Waals surface area contributed by atoms with Gasteiger partial charge in [-0.3, -0.25) is 4.90 Å². The molecule has 1 rings (SSSR count). The van der Waals surface area contributed by atoms with Crippen molar-refractivity contribution >= 4 is 0 Å². The van der Waals surface area contributed by atoms with Gasteiger partial charge in [0.05, 0.1) is 0 Å². The summed E-state index contributed by atoms with van der Waals surface area (Å²) in [5, 5.41) is 0. The maximum absolute atomic E-state index is 6.29. The predicted molar refractivity (Wildman–Crippen MR) is 93.5 cm³/mol. The molecule has 21 heavy (non-hydrogen) atoms. The number of nitrogens with two attached hydrogens (primary N) is 1. The van der Waals surface area contributed by atoms with Gasteiger partial charge in [0.1, 0.15) is 0 Å². The topological polar surface area (TPSA) is 32.5 Å². The SMILES string of the molecule is CC(C)CN(CCN(C)C)C1(CN)CCC(C(C)C)CC1. The molecule has 0 aromatic heterocycles. The minimum atomic E-state index is 0.256. The van der Waals surface area contributed by atoms with Crippen molar-refractivity contribution in [3.05, 3.63) is 0 Å². The lowest BCUT2D eigenvalue weighted by Crippen LogP contribution is -2.58. The van der Waals surface area contributed by atoms with Crippen LogP contribution in [0.15, 0.2) is 0 Å². The summed E-state index contributed by atoms with van der Waals surface area (Å²) < 4.78 is 0. The Balaban J connectivity index is 2.75. The molecule has 0 spiro atoms. The van der Waals surface area contributed by atoms with Gasteiger partial charge in [0.25, 0.3) is 0 Å². The van der Waals surface area contributed by atoms with Crippen LogP contribution in [-0.4, -0.2) is 55.6 Å². The lowest BCUT2D eigenvalue weighted by Gasteiger charge is -2.49. The van der Waals surface area contributed by atoms with E-state index in [1.165, 1.54) is 32.2 Å². The number of likely N-dealkylation sites (N-methyl/N-ethyl adjacent to an activating group) is 1. The molecule has 0 aromatic carbocycles. The second-order valence-electron chi connectivity index (χ2n) is 8.15. The maximum Gasteiger partial charge on any atom is 0.0332 e. The van der Waals surface area contributed by atoms with Gasteiger partial charge in [0.15, 0.2) is 0 Å². The van der Waals surface area contributed by atoms with Crippen LogP contribution < -0.4 is 5.73 Å². The Morgan fingerprint density at radius 3 is 2.00 bits per heavy atom. The predicted octanol–water partition coefficient (Wildman–Crippen LogP) is 3.05. The molecule has 126 valence electrons. The molecule has 3 heteroatoms. The maximum atomic E-state index is 6.29. The molecule has 1 saturated carbocycles. The van der Waals surface area contributed by atoms with Crippen molar-refractivity contribution in [3.8, 4) is 0 Å². The fourth-order valence-electron chi connectivity index (χ4n) is 3.78. The molecule has 0 radical (unpaired) electrons. The zero-order valence-electron chi connectivity index (χ0n) is 15.4. The summed E-state index contributed by atoms with van der Waals surface area (Å²) in [5.41, 5.74) is 6.54. The van der Waals surface area contributed by atoms with Crippen molar-refractivity contribution in [2.24, 2.45) is 23.5 Å². The summed E-state index contributed by atoms with van der Waals surface area (Å²) in [7, 11) is 4.33. The van der Waals surface area contributed by atoms with Gasteiger partial charge in [-0.25, -0.2) is 0 Å². The first-order valence-corrected chi connectivity index (χ1v) is 8.90. The van der Waals surface area contributed by atoms with Gasteiger partial charge in [-0.2, -0.15) is 0 Å². The van der Waals surface area contributed by atoms with Gasteiger partial charge in [-0.05, 0) is 57.5 Å². The van der Waals surface area contributed by atoms with Crippen LogP contribution in [0.1, 0.15) is 53.4 Å². The molecule has 3 nitrogen and oxygen atoms in total. The largest absolute Gasteiger partial charge is 0.329 e. The Bertz CT molecular complexity index is 278. The summed E-state index contributed by atoms with van der Waals surface area (Å²) in [6.07, 6.45) is 5.27. The van der Waals surface area contributed by atoms with Gasteiger partial charge in [-0.15, -0.1) is 0 Å². The van der Waals surface area contributed by atoms with E-state index in [0.717, 1.165) is 31.5 Å². The minimum Gasteiger partial charge on any atom is -0.329 e. The third-order valence-corrected chi connectivity index (χ3v) is 5.36. The highest BCUT2D eigenvalue weighted by Crippen LogP contribution is 2.39. The Morgan fingerprint density at radius 2 is 1.62 bits per heavy atom. The van der Waals surface area contributed by atoms with Crippen LogP contribution in [0.2, 0.25) is 0 Å². The van der Waals surface area contributed by atoms with E-state index in [9.17, 15) is 0 Å². The third-order valence-electron chi connectivity index (χ3n) is 5.36. The van der Waals surface area contributed by atoms with E-state index in [0.29, 0.717) is 5.92 Å². The second kappa shape index (κ2) is 8.50. The van der Waals surface area contributed by atoms with Crippen molar-refractivity contribution in [1.29, 1.82) is 0 Å². The molecule has 0 bridgehead atoms. The first kappa shape index (κ1) is 18.9. The van der Waals surface area contributed by atoms with Gasteiger partial charge < -0.3 is 10.6 Å². The Kier molecular flexibility index (Phi) is 7.66. The first-order valence-electron chi connectivity index (χ1n) is 8.90. The number of nitrogens with zero attached hydrogens (tertiary/aromatic N) is 2. The molecule has 0 unspecified atom stereocenters. The van der Waals surface area contributed by atoms with Crippen LogP contribution >= 0.6 is 0 Å². The standard InChI is InChI=1S/C18H39N3/c1-15(2)13-21(12-11-20(5)6)18(14-19)9-7-17(8-10-18)16(3)4/h15-17H,7-14,19H2,1-6H3. The van der Waals surface area contributed by atoms with Gasteiger partial charge in [-0.1, -0.05) is 27.7 Å². The zero-order chi connectivity index (χ0) is 16.0. The van der Waals surface area contributed by atoms with Crippen LogP contribution in [0, 0.1) is 17.8 Å². The molecule has 1 fully saturated rings. The van der Waals surface area contributed by atoms with E-state index in [1.807, 2.05) is 0 Å². The van der Waals surface area contributed by atoms with Crippen molar-refractivity contribution in [3.63, 3.8) is 0 Å². The average molecular weight is 298 g/mol. The number of hydrogen-bond donors (Lipinski definition) is 1. The Hall–Kier alpha value is -0.120. The van der Waals surface area contributed by atoms with Crippen LogP contribution in [0.4, 0.5) is 0 Å². The lowest BCUT2D eigenvalue weighted by molar-refractivity contribution is 0.0223. The van der Waals surface area contributed by atoms with Crippen LogP contribution in [-0.2, 0) is 0 Å². The van der Waals surface area contributed by atoms with E-state index < -0.39 is 0 Å². The molecular weight excluding hydrogens is 258 g/mol. The molecule has 0 heterocycles. The summed E-state index contributed by atoms with van der Waals surface area (Å²) in [4.78, 5) is 5.01. The Morgan fingerprint density at radius 1 is 1.05 bits per heavy atom. The molecular formula is C18H39N3. The molecule has 1 aliphatic carbocycles. The van der Waals surface area contributed by atoms with E-state index in [1.54, 1.807) is 0 Å². The van der Waals surface area contributed by atoms with Crippen molar-refractivity contribution in [2.75, 3.05) is 40.3 Å². The summed E-state index contributed by atoms with van der Waals surface area (Å²) >= 11 is 0. The van der Waals surface area contributed by atoms with Gasteiger partial charge in [0.2, 0.25) is 0 Å². The molecule has 0 atom stereocenters. The van der Waals surface area contributed by atoms with Crippen molar-refractivity contribution in [2.45, 2.75) is 58.9 Å². The average Bonchev–Trinajstić information content (AvgIpc) is 2.42. The summed E-state index contributed by atoms with van der Waals surface area (Å²) in [6.45, 7) is 13.7. The smallest absolute Gasteiger partial charge is 0.0332 e. The fourth-order valence-corrected chi connectivity index (χ4v) is 3.78. The van der Waals surface area contributed by atoms with Crippen molar-refractivity contribution < 1.29 is 0 Å². The van der Waals surface area contributed by atoms with Gasteiger partial charge >= 0.3 is 0 Å². The molecule has 2 N–H and O–H groups in total. The Labute approximate surface area is 133 Å². The molecule has 0 aromatic rings. The van der Waals surface area contributed by atoms with Gasteiger partial charge in [0, 0.05) is 31.7 Å². The third kappa shape index (κ3) is 5.54. The molecule has 0 amide bonds. The highest BCUT2D eigenvalue weighted by Gasteiger charge is 2.39. The quantitative estimate of drug-likeness (QED) is 0.747. The van der Waals surface area contributed by atoms with Crippen LogP contribution in [0.5, 0.6) is 0 Å². The monoisotopic (exact) mass is 297 g/mol. The van der Waals surface area contributed by atoms with E-state index in [-0.39, 0.29) is 5.54 Å². The molecule has 0 aliphatic heterocycles. The number of rotatable bonds is 8. The molecule has 1 aliphatic rings. The van der Waals surface area contributed by atoms with Crippen LogP contribution in [0.3, 0.4) is 0 Å². The van der Waals surface area contributed by atoms with Crippen molar-refractivity contribution in [1.82, 2.24) is 9.80 Å². The highest BCUT2D eigenvalue weighted by atomic mass is 15.2. The normalized spacial score (nSPS) is 27.3. The van der Waals surface area contributed by atoms with E-state index in [2.05, 4.69) is 51.6 Å². The highest BCUT2D eigenvalue weighted by molar-refractivity contribution is 4.96. The minimum absolute atomic E-state index is 0.256. The first-order chi connectivity index (χ1) is 9.80.